The van der Waals surface area contributed by atoms with Gasteiger partial charge in [-0.25, -0.2) is 19.4 Å². The molecule has 2 aliphatic heterocycles. The average Bonchev–Trinajstić information content (AvgIpc) is 3.51. The molecule has 0 spiro atoms. The van der Waals surface area contributed by atoms with Crippen LogP contribution < -0.4 is 10.3 Å². The number of fused-ring (bicyclic) bond motifs is 3. The third-order valence-corrected chi connectivity index (χ3v) is 6.27. The Balaban J connectivity index is 1.50. The molecule has 2 aromatic rings. The maximum Gasteiger partial charge on any atom is 0.433 e. The average molecular weight is 516 g/mol. The molecule has 1 unspecified atom stereocenters. The Morgan fingerprint density at radius 2 is 1.83 bits per heavy atom. The van der Waals surface area contributed by atoms with Gasteiger partial charge in [-0.2, -0.15) is 31.4 Å². The van der Waals surface area contributed by atoms with E-state index in [-0.39, 0.29) is 29.9 Å². The highest BCUT2D eigenvalue weighted by atomic mass is 19.4. The number of aromatic nitrogens is 2. The predicted molar refractivity (Wildman–Crippen MR) is 109 cm³/mol. The third kappa shape index (κ3) is 3.91. The molecule has 0 bridgehead atoms. The molecule has 1 aliphatic carbocycles. The zero-order chi connectivity index (χ0) is 26.0. The molecule has 2 aromatic heterocycles. The molecular weight excluding hydrogens is 501 g/mol. The number of nitrogens with zero attached hydrogens (tertiary/aromatic N) is 5. The lowest BCUT2D eigenvalue weighted by Crippen LogP contribution is -2.54. The topological polar surface area (TPSA) is 90.8 Å². The highest BCUT2D eigenvalue weighted by Gasteiger charge is 2.68. The molecule has 0 aromatic carbocycles. The van der Waals surface area contributed by atoms with Gasteiger partial charge < -0.3 is 10.2 Å². The van der Waals surface area contributed by atoms with E-state index in [4.69, 9.17) is 0 Å². The van der Waals surface area contributed by atoms with Gasteiger partial charge in [0.05, 0.1) is 17.5 Å². The largest absolute Gasteiger partial charge is 0.433 e. The van der Waals surface area contributed by atoms with Crippen LogP contribution in [0.1, 0.15) is 35.3 Å². The van der Waals surface area contributed by atoms with Crippen LogP contribution in [0.15, 0.2) is 35.6 Å². The van der Waals surface area contributed by atoms with Gasteiger partial charge in [0.25, 0.3) is 5.91 Å². The molecule has 1 fully saturated rings. The van der Waals surface area contributed by atoms with Crippen LogP contribution in [0.25, 0.3) is 0 Å². The van der Waals surface area contributed by atoms with E-state index in [1.165, 1.54) is 0 Å². The van der Waals surface area contributed by atoms with Crippen molar-refractivity contribution in [1.82, 2.24) is 14.9 Å². The van der Waals surface area contributed by atoms with Gasteiger partial charge >= 0.3 is 12.4 Å². The fourth-order valence-corrected chi connectivity index (χ4v) is 4.28. The zero-order valence-corrected chi connectivity index (χ0v) is 18.0. The number of halogens is 7. The summed E-state index contributed by atoms with van der Waals surface area (Å²) in [6, 6.07) is 3.60. The Hall–Kier alpha value is -3.78. The van der Waals surface area contributed by atoms with Gasteiger partial charge in [0.15, 0.2) is 5.82 Å². The van der Waals surface area contributed by atoms with E-state index >= 15 is 0 Å². The van der Waals surface area contributed by atoms with Gasteiger partial charge in [-0.3, -0.25) is 9.59 Å². The van der Waals surface area contributed by atoms with Crippen molar-refractivity contribution in [2.24, 2.45) is 10.5 Å². The number of hydrazone groups is 1. The van der Waals surface area contributed by atoms with Gasteiger partial charge in [-0.15, -0.1) is 0 Å². The summed E-state index contributed by atoms with van der Waals surface area (Å²) in [5.41, 5.74) is -4.28. The lowest BCUT2D eigenvalue weighted by Gasteiger charge is -2.38. The van der Waals surface area contributed by atoms with Crippen molar-refractivity contribution in [1.29, 1.82) is 0 Å². The van der Waals surface area contributed by atoms with Crippen LogP contribution >= 0.6 is 0 Å². The quantitative estimate of drug-likeness (QED) is 0.622. The van der Waals surface area contributed by atoms with Crippen LogP contribution in [-0.2, 0) is 11.0 Å². The van der Waals surface area contributed by atoms with Gasteiger partial charge in [-0.05, 0) is 37.1 Å². The fraction of sp³-hybridized carbons (Fsp3) is 0.381. The molecule has 1 N–H and O–H groups in total. The minimum absolute atomic E-state index is 0.0445. The molecule has 3 aliphatic rings. The lowest BCUT2D eigenvalue weighted by atomic mass is 9.95. The van der Waals surface area contributed by atoms with Crippen LogP contribution in [0.5, 0.6) is 0 Å². The molecule has 0 saturated heterocycles. The molecule has 5 rings (SSSR count). The molecule has 2 amide bonds. The number of rotatable bonds is 4. The third-order valence-electron chi connectivity index (χ3n) is 6.27. The molecule has 0 radical (unpaired) electrons. The minimum atomic E-state index is -4.87. The van der Waals surface area contributed by atoms with Gasteiger partial charge in [-0.1, -0.05) is 0 Å². The minimum Gasteiger partial charge on any atom is -0.309 e. The first-order valence-electron chi connectivity index (χ1n) is 10.5. The van der Waals surface area contributed by atoms with Gasteiger partial charge in [0.2, 0.25) is 5.91 Å². The Bertz CT molecular complexity index is 1270. The summed E-state index contributed by atoms with van der Waals surface area (Å²) >= 11 is 0. The molecule has 1 atom stereocenters. The van der Waals surface area contributed by atoms with Gasteiger partial charge in [0.1, 0.15) is 35.5 Å². The highest BCUT2D eigenvalue weighted by molar-refractivity contribution is 6.06. The summed E-state index contributed by atoms with van der Waals surface area (Å²) in [4.78, 5) is 33.9. The summed E-state index contributed by atoms with van der Waals surface area (Å²) in [6.07, 6.45) is -10.9. The molecule has 15 heteroatoms. The molecule has 1 saturated carbocycles. The number of alkyl halides is 6. The van der Waals surface area contributed by atoms with Crippen molar-refractivity contribution < 1.29 is 40.3 Å². The normalized spacial score (nSPS) is 20.6. The van der Waals surface area contributed by atoms with Crippen LogP contribution in [0.3, 0.4) is 0 Å². The Morgan fingerprint density at radius 3 is 2.42 bits per heavy atom. The number of hydrogen-bond donors (Lipinski definition) is 1. The number of nitrogens with one attached hydrogen (secondary N) is 1. The number of pyridine rings is 2. The highest BCUT2D eigenvalue weighted by Crippen LogP contribution is 2.60. The number of hydrogen-bond acceptors (Lipinski definition) is 6. The summed E-state index contributed by atoms with van der Waals surface area (Å²) in [5, 5.41) is 7.16. The first-order chi connectivity index (χ1) is 16.8. The standard InChI is InChI=1S/C21H15F7N6O2/c22-10-1-4-14(29-8-10)31-15(35)9-33-16-7-13(19(5-6-19)21(26,27)28)32-34(16)17-11(18(33)36)2-3-12(30-17)20(23,24)25/h1-4,8,16H,5-7,9H2,(H,29,31,35). The second-order valence-electron chi connectivity index (χ2n) is 8.56. The van der Waals surface area contributed by atoms with Crippen LogP contribution in [0.4, 0.5) is 42.4 Å². The molecule has 190 valence electrons. The molecule has 8 nitrogen and oxygen atoms in total. The fourth-order valence-electron chi connectivity index (χ4n) is 4.28. The Labute approximate surface area is 197 Å². The first kappa shape index (κ1) is 23.9. The van der Waals surface area contributed by atoms with Crippen LogP contribution in [0.2, 0.25) is 0 Å². The van der Waals surface area contributed by atoms with Crippen molar-refractivity contribution in [2.75, 3.05) is 16.9 Å². The maximum atomic E-state index is 13.8. The Kier molecular flexibility index (Phi) is 5.23. The van der Waals surface area contributed by atoms with Crippen molar-refractivity contribution in [2.45, 2.75) is 37.8 Å². The molecular formula is C21H15F7N6O2. The van der Waals surface area contributed by atoms with E-state index in [2.05, 4.69) is 20.4 Å². The van der Waals surface area contributed by atoms with Crippen LogP contribution in [0, 0.1) is 11.2 Å². The van der Waals surface area contributed by atoms with Crippen molar-refractivity contribution >= 4 is 29.2 Å². The number of carbonyl (C=O) groups is 2. The molecule has 4 heterocycles. The number of carbonyl (C=O) groups excluding carboxylic acids is 2. The summed E-state index contributed by atoms with van der Waals surface area (Å²) in [7, 11) is 0. The van der Waals surface area contributed by atoms with Crippen molar-refractivity contribution in [3.8, 4) is 0 Å². The Morgan fingerprint density at radius 1 is 1.11 bits per heavy atom. The summed E-state index contributed by atoms with van der Waals surface area (Å²) in [6.45, 7) is -0.679. The monoisotopic (exact) mass is 516 g/mol. The maximum absolute atomic E-state index is 13.8. The SMILES string of the molecule is O=C(CN1C(=O)c2ccc(C(F)(F)F)nc2N2N=C(C3(C(F)(F)F)CC3)CC12)Nc1ccc(F)cn1. The lowest BCUT2D eigenvalue weighted by molar-refractivity contribution is -0.165. The number of amides is 2. The van der Waals surface area contributed by atoms with Crippen molar-refractivity contribution in [3.05, 3.63) is 47.5 Å². The smallest absolute Gasteiger partial charge is 0.309 e. The first-order valence-corrected chi connectivity index (χ1v) is 10.5. The van der Waals surface area contributed by atoms with E-state index in [1.807, 2.05) is 0 Å². The summed E-state index contributed by atoms with van der Waals surface area (Å²) < 4.78 is 94.1. The van der Waals surface area contributed by atoms with Crippen molar-refractivity contribution in [3.63, 3.8) is 0 Å². The van der Waals surface area contributed by atoms with E-state index in [1.54, 1.807) is 0 Å². The van der Waals surface area contributed by atoms with E-state index in [0.717, 1.165) is 34.3 Å². The zero-order valence-electron chi connectivity index (χ0n) is 18.0. The van der Waals surface area contributed by atoms with Gasteiger partial charge in [0, 0.05) is 6.42 Å². The van der Waals surface area contributed by atoms with E-state index < -0.39 is 66.0 Å². The second kappa shape index (κ2) is 7.86. The number of anilines is 2. The summed E-state index contributed by atoms with van der Waals surface area (Å²) in [5.74, 6) is -2.95. The van der Waals surface area contributed by atoms with E-state index in [0.29, 0.717) is 6.07 Å². The predicted octanol–water partition coefficient (Wildman–Crippen LogP) is 3.96. The molecule has 36 heavy (non-hydrogen) atoms. The van der Waals surface area contributed by atoms with Crippen LogP contribution in [-0.4, -0.2) is 51.3 Å². The second-order valence-corrected chi connectivity index (χ2v) is 8.56. The van der Waals surface area contributed by atoms with E-state index in [9.17, 15) is 40.3 Å².